The SMILES string of the molecule is CC(C)c1cccc(NC(=O)C2CC(c3ccc(Cl)cc3)NN2)c1. The van der Waals surface area contributed by atoms with Gasteiger partial charge in [-0.05, 0) is 47.7 Å². The second kappa shape index (κ2) is 7.34. The highest BCUT2D eigenvalue weighted by Crippen LogP contribution is 2.25. The normalized spacial score (nSPS) is 20.3. The second-order valence-electron chi connectivity index (χ2n) is 6.45. The second-order valence-corrected chi connectivity index (χ2v) is 6.89. The minimum atomic E-state index is -0.270. The Morgan fingerprint density at radius 1 is 1.17 bits per heavy atom. The van der Waals surface area contributed by atoms with Crippen molar-refractivity contribution in [3.8, 4) is 0 Å². The highest BCUT2D eigenvalue weighted by molar-refractivity contribution is 6.30. The molecule has 0 radical (unpaired) electrons. The van der Waals surface area contributed by atoms with E-state index in [-0.39, 0.29) is 18.0 Å². The van der Waals surface area contributed by atoms with Gasteiger partial charge in [0.15, 0.2) is 0 Å². The van der Waals surface area contributed by atoms with Crippen molar-refractivity contribution in [1.82, 2.24) is 10.9 Å². The first-order chi connectivity index (χ1) is 11.5. The quantitative estimate of drug-likeness (QED) is 0.786. The molecule has 0 spiro atoms. The molecule has 4 nitrogen and oxygen atoms in total. The summed E-state index contributed by atoms with van der Waals surface area (Å²) in [5, 5.41) is 3.71. The predicted molar refractivity (Wildman–Crippen MR) is 98.0 cm³/mol. The molecule has 3 rings (SSSR count). The molecule has 2 unspecified atom stereocenters. The van der Waals surface area contributed by atoms with Gasteiger partial charge in [-0.3, -0.25) is 4.79 Å². The number of benzene rings is 2. The number of carbonyl (C=O) groups is 1. The van der Waals surface area contributed by atoms with E-state index in [0.29, 0.717) is 17.4 Å². The topological polar surface area (TPSA) is 53.2 Å². The molecule has 24 heavy (non-hydrogen) atoms. The standard InChI is InChI=1S/C19H22ClN3O/c1-12(2)14-4-3-5-16(10-14)21-19(24)18-11-17(22-23-18)13-6-8-15(20)9-7-13/h3-10,12,17-18,22-23H,11H2,1-2H3,(H,21,24). The number of halogens is 1. The van der Waals surface area contributed by atoms with Crippen molar-refractivity contribution < 1.29 is 4.79 Å². The molecule has 2 atom stereocenters. The molecule has 3 N–H and O–H groups in total. The fraction of sp³-hybridized carbons (Fsp3) is 0.316. The lowest BCUT2D eigenvalue weighted by Gasteiger charge is -2.13. The average molecular weight is 344 g/mol. The van der Waals surface area contributed by atoms with Gasteiger partial charge in [-0.25, -0.2) is 10.9 Å². The Bertz CT molecular complexity index is 715. The summed E-state index contributed by atoms with van der Waals surface area (Å²) < 4.78 is 0. The molecule has 1 heterocycles. The van der Waals surface area contributed by atoms with Crippen molar-refractivity contribution in [2.75, 3.05) is 5.32 Å². The molecular weight excluding hydrogens is 322 g/mol. The van der Waals surface area contributed by atoms with Crippen molar-refractivity contribution in [1.29, 1.82) is 0 Å². The van der Waals surface area contributed by atoms with Gasteiger partial charge >= 0.3 is 0 Å². The number of anilines is 1. The minimum Gasteiger partial charge on any atom is -0.325 e. The number of nitrogens with one attached hydrogen (secondary N) is 3. The van der Waals surface area contributed by atoms with E-state index in [0.717, 1.165) is 11.3 Å². The van der Waals surface area contributed by atoms with Crippen LogP contribution in [-0.4, -0.2) is 11.9 Å². The lowest BCUT2D eigenvalue weighted by molar-refractivity contribution is -0.117. The Hall–Kier alpha value is -1.88. The summed E-state index contributed by atoms with van der Waals surface area (Å²) in [5.41, 5.74) is 9.43. The number of amides is 1. The van der Waals surface area contributed by atoms with Crippen LogP contribution in [0.5, 0.6) is 0 Å². The zero-order valence-corrected chi connectivity index (χ0v) is 14.6. The summed E-state index contributed by atoms with van der Waals surface area (Å²) in [7, 11) is 0. The van der Waals surface area contributed by atoms with Gasteiger partial charge in [0.1, 0.15) is 6.04 Å². The molecule has 1 saturated heterocycles. The Morgan fingerprint density at radius 3 is 2.62 bits per heavy atom. The largest absolute Gasteiger partial charge is 0.325 e. The van der Waals surface area contributed by atoms with Gasteiger partial charge in [0.25, 0.3) is 0 Å². The molecule has 1 fully saturated rings. The third-order valence-corrected chi connectivity index (χ3v) is 4.56. The van der Waals surface area contributed by atoms with Crippen LogP contribution in [0.4, 0.5) is 5.69 Å². The van der Waals surface area contributed by atoms with Gasteiger partial charge in [-0.15, -0.1) is 0 Å². The first-order valence-corrected chi connectivity index (χ1v) is 8.58. The van der Waals surface area contributed by atoms with E-state index >= 15 is 0 Å². The van der Waals surface area contributed by atoms with Gasteiger partial charge in [-0.1, -0.05) is 49.7 Å². The summed E-state index contributed by atoms with van der Waals surface area (Å²) in [6.45, 7) is 4.28. The summed E-state index contributed by atoms with van der Waals surface area (Å²) in [5.74, 6) is 0.405. The molecule has 1 aliphatic rings. The number of rotatable bonds is 4. The average Bonchev–Trinajstić information content (AvgIpc) is 3.06. The van der Waals surface area contributed by atoms with E-state index in [1.807, 2.05) is 42.5 Å². The van der Waals surface area contributed by atoms with Crippen molar-refractivity contribution in [2.45, 2.75) is 38.3 Å². The van der Waals surface area contributed by atoms with Crippen molar-refractivity contribution in [3.05, 3.63) is 64.7 Å². The van der Waals surface area contributed by atoms with Gasteiger partial charge in [0, 0.05) is 16.8 Å². The fourth-order valence-corrected chi connectivity index (χ4v) is 2.97. The molecule has 1 amide bonds. The van der Waals surface area contributed by atoms with Crippen LogP contribution in [0.2, 0.25) is 5.02 Å². The Morgan fingerprint density at radius 2 is 1.92 bits per heavy atom. The van der Waals surface area contributed by atoms with Gasteiger partial charge in [0.05, 0.1) is 0 Å². The molecule has 0 aromatic heterocycles. The van der Waals surface area contributed by atoms with E-state index in [4.69, 9.17) is 11.6 Å². The van der Waals surface area contributed by atoms with Gasteiger partial charge in [-0.2, -0.15) is 0 Å². The van der Waals surface area contributed by atoms with E-state index in [9.17, 15) is 4.79 Å². The van der Waals surface area contributed by atoms with Crippen molar-refractivity contribution >= 4 is 23.2 Å². The third kappa shape index (κ3) is 3.96. The molecule has 0 saturated carbocycles. The third-order valence-electron chi connectivity index (χ3n) is 4.31. The van der Waals surface area contributed by atoms with Crippen molar-refractivity contribution in [2.24, 2.45) is 0 Å². The number of hydrogen-bond acceptors (Lipinski definition) is 3. The van der Waals surface area contributed by atoms with E-state index in [2.05, 4.69) is 36.1 Å². The molecule has 0 aliphatic carbocycles. The predicted octanol–water partition coefficient (Wildman–Crippen LogP) is 4.01. The molecule has 0 bridgehead atoms. The highest BCUT2D eigenvalue weighted by Gasteiger charge is 2.30. The van der Waals surface area contributed by atoms with Gasteiger partial charge < -0.3 is 5.32 Å². The smallest absolute Gasteiger partial charge is 0.242 e. The maximum absolute atomic E-state index is 12.5. The highest BCUT2D eigenvalue weighted by atomic mass is 35.5. The van der Waals surface area contributed by atoms with Crippen LogP contribution in [0, 0.1) is 0 Å². The van der Waals surface area contributed by atoms with Crippen LogP contribution in [0.1, 0.15) is 43.4 Å². The number of hydrazine groups is 1. The number of carbonyl (C=O) groups excluding carboxylic acids is 1. The Balaban J connectivity index is 1.62. The monoisotopic (exact) mass is 343 g/mol. The maximum Gasteiger partial charge on any atom is 0.242 e. The van der Waals surface area contributed by atoms with Crippen LogP contribution >= 0.6 is 11.6 Å². The zero-order valence-electron chi connectivity index (χ0n) is 13.8. The number of hydrogen-bond donors (Lipinski definition) is 3. The van der Waals surface area contributed by atoms with Crippen LogP contribution < -0.4 is 16.2 Å². The molecule has 1 aliphatic heterocycles. The molecule has 2 aromatic rings. The summed E-state index contributed by atoms with van der Waals surface area (Å²) in [4.78, 5) is 12.5. The van der Waals surface area contributed by atoms with Crippen LogP contribution in [0.3, 0.4) is 0 Å². The minimum absolute atomic E-state index is 0.0279. The van der Waals surface area contributed by atoms with Crippen LogP contribution in [0.25, 0.3) is 0 Å². The maximum atomic E-state index is 12.5. The molecule has 5 heteroatoms. The van der Waals surface area contributed by atoms with Gasteiger partial charge in [0.2, 0.25) is 5.91 Å². The zero-order chi connectivity index (χ0) is 17.1. The Labute approximate surface area is 147 Å². The van der Waals surface area contributed by atoms with Crippen molar-refractivity contribution in [3.63, 3.8) is 0 Å². The lowest BCUT2D eigenvalue weighted by Crippen LogP contribution is -2.39. The first-order valence-electron chi connectivity index (χ1n) is 8.20. The molecule has 2 aromatic carbocycles. The summed E-state index contributed by atoms with van der Waals surface area (Å²) in [6.07, 6.45) is 0.692. The van der Waals surface area contributed by atoms with E-state index < -0.39 is 0 Å². The van der Waals surface area contributed by atoms with E-state index in [1.54, 1.807) is 0 Å². The van der Waals surface area contributed by atoms with Crippen LogP contribution in [0.15, 0.2) is 48.5 Å². The summed E-state index contributed by atoms with van der Waals surface area (Å²) >= 11 is 5.92. The first kappa shape index (κ1) is 17.0. The summed E-state index contributed by atoms with van der Waals surface area (Å²) in [6, 6.07) is 15.5. The fourth-order valence-electron chi connectivity index (χ4n) is 2.85. The Kier molecular flexibility index (Phi) is 5.19. The molecule has 126 valence electrons. The van der Waals surface area contributed by atoms with Crippen LogP contribution in [-0.2, 0) is 4.79 Å². The lowest BCUT2D eigenvalue weighted by atomic mass is 10.0. The van der Waals surface area contributed by atoms with E-state index in [1.165, 1.54) is 5.56 Å². The molecular formula is C19H22ClN3O.